The average Bonchev–Trinajstić information content (AvgIpc) is 3.44. The SMILES string of the molecule is COc1cc(NC(=O)NCc2c(-n3cccc3)sc3c2CCCC3)cc(OC)c1OC. The van der Waals surface area contributed by atoms with Crippen molar-refractivity contribution < 1.29 is 19.0 Å². The molecule has 0 atom stereocenters. The molecule has 1 aliphatic rings. The molecule has 3 aromatic rings. The molecule has 0 fully saturated rings. The molecule has 31 heavy (non-hydrogen) atoms. The van der Waals surface area contributed by atoms with Crippen LogP contribution in [0.25, 0.3) is 5.00 Å². The van der Waals surface area contributed by atoms with E-state index in [4.69, 9.17) is 14.2 Å². The highest BCUT2D eigenvalue weighted by molar-refractivity contribution is 7.14. The molecule has 0 saturated carbocycles. The number of amides is 2. The lowest BCUT2D eigenvalue weighted by Gasteiger charge is -2.16. The molecule has 4 rings (SSSR count). The molecular weight excluding hydrogens is 414 g/mol. The molecule has 2 aromatic heterocycles. The van der Waals surface area contributed by atoms with Crippen molar-refractivity contribution in [3.63, 3.8) is 0 Å². The number of nitrogens with zero attached hydrogens (tertiary/aromatic N) is 1. The Morgan fingerprint density at radius 3 is 2.35 bits per heavy atom. The van der Waals surface area contributed by atoms with Crippen LogP contribution in [0.2, 0.25) is 0 Å². The van der Waals surface area contributed by atoms with Gasteiger partial charge in [0.1, 0.15) is 5.00 Å². The number of rotatable bonds is 7. The molecular formula is C23H27N3O4S. The second-order valence-corrected chi connectivity index (χ2v) is 8.39. The van der Waals surface area contributed by atoms with Crippen molar-refractivity contribution >= 4 is 23.1 Å². The van der Waals surface area contributed by atoms with E-state index in [0.717, 1.165) is 12.8 Å². The molecule has 164 valence electrons. The number of methoxy groups -OCH3 is 3. The number of nitrogens with one attached hydrogen (secondary N) is 2. The van der Waals surface area contributed by atoms with Gasteiger partial charge < -0.3 is 29.4 Å². The van der Waals surface area contributed by atoms with E-state index in [1.807, 2.05) is 23.5 Å². The van der Waals surface area contributed by atoms with Crippen LogP contribution in [0.5, 0.6) is 17.2 Å². The van der Waals surface area contributed by atoms with E-state index in [-0.39, 0.29) is 6.03 Å². The Bertz CT molecular complexity index is 1030. The summed E-state index contributed by atoms with van der Waals surface area (Å²) in [6.07, 6.45) is 8.71. The number of urea groups is 1. The number of hydrogen-bond acceptors (Lipinski definition) is 5. The number of thiophene rings is 1. The van der Waals surface area contributed by atoms with Crippen LogP contribution in [-0.2, 0) is 19.4 Å². The van der Waals surface area contributed by atoms with E-state index in [1.165, 1.54) is 33.8 Å². The summed E-state index contributed by atoms with van der Waals surface area (Å²) < 4.78 is 18.2. The van der Waals surface area contributed by atoms with Crippen LogP contribution in [0.4, 0.5) is 10.5 Å². The van der Waals surface area contributed by atoms with Gasteiger partial charge in [0.05, 0.1) is 27.0 Å². The number of anilines is 1. The Morgan fingerprint density at radius 1 is 1.03 bits per heavy atom. The van der Waals surface area contributed by atoms with E-state index in [2.05, 4.69) is 27.6 Å². The number of benzene rings is 1. The zero-order chi connectivity index (χ0) is 21.8. The first kappa shape index (κ1) is 21.1. The number of hydrogen-bond donors (Lipinski definition) is 2. The highest BCUT2D eigenvalue weighted by Crippen LogP contribution is 2.40. The summed E-state index contributed by atoms with van der Waals surface area (Å²) in [5, 5.41) is 7.08. The first-order valence-corrected chi connectivity index (χ1v) is 11.1. The quantitative estimate of drug-likeness (QED) is 0.554. The third-order valence-electron chi connectivity index (χ3n) is 5.45. The number of aryl methyl sites for hydroxylation is 1. The van der Waals surface area contributed by atoms with Gasteiger partial charge >= 0.3 is 6.03 Å². The number of fused-ring (bicyclic) bond motifs is 1. The van der Waals surface area contributed by atoms with Gasteiger partial charge in [-0.15, -0.1) is 11.3 Å². The number of carbonyl (C=O) groups excluding carboxylic acids is 1. The summed E-state index contributed by atoms with van der Waals surface area (Å²) in [7, 11) is 4.64. The molecule has 2 heterocycles. The lowest BCUT2D eigenvalue weighted by atomic mass is 9.95. The largest absolute Gasteiger partial charge is 0.493 e. The topological polar surface area (TPSA) is 73.8 Å². The van der Waals surface area contributed by atoms with E-state index >= 15 is 0 Å². The summed E-state index contributed by atoms with van der Waals surface area (Å²) in [6.45, 7) is 0.468. The number of carbonyl (C=O) groups is 1. The Labute approximate surface area is 185 Å². The molecule has 1 aliphatic carbocycles. The fourth-order valence-corrected chi connectivity index (χ4v) is 5.35. The standard InChI is InChI=1S/C23H27N3O4S/c1-28-18-12-15(13-19(29-2)21(18)30-3)25-23(27)24-14-17-16-8-4-5-9-20(16)31-22(17)26-10-6-7-11-26/h6-7,10-13H,4-5,8-9,14H2,1-3H3,(H2,24,25,27). The first-order chi connectivity index (χ1) is 15.1. The summed E-state index contributed by atoms with van der Waals surface area (Å²) in [4.78, 5) is 14.1. The van der Waals surface area contributed by atoms with Gasteiger partial charge in [0.2, 0.25) is 5.75 Å². The fraction of sp³-hybridized carbons (Fsp3) is 0.348. The van der Waals surface area contributed by atoms with Crippen LogP contribution < -0.4 is 24.8 Å². The van der Waals surface area contributed by atoms with Crippen molar-refractivity contribution in [1.82, 2.24) is 9.88 Å². The van der Waals surface area contributed by atoms with E-state index in [1.54, 1.807) is 33.5 Å². The molecule has 2 amide bonds. The van der Waals surface area contributed by atoms with E-state index < -0.39 is 0 Å². The summed E-state index contributed by atoms with van der Waals surface area (Å²) in [5.41, 5.74) is 3.16. The van der Waals surface area contributed by atoms with Crippen molar-refractivity contribution in [1.29, 1.82) is 0 Å². The van der Waals surface area contributed by atoms with Crippen LogP contribution in [-0.4, -0.2) is 31.9 Å². The van der Waals surface area contributed by atoms with Gasteiger partial charge in [0.15, 0.2) is 11.5 Å². The molecule has 0 bridgehead atoms. The zero-order valence-corrected chi connectivity index (χ0v) is 18.8. The lowest BCUT2D eigenvalue weighted by Crippen LogP contribution is -2.29. The molecule has 0 radical (unpaired) electrons. The Morgan fingerprint density at radius 2 is 1.71 bits per heavy atom. The van der Waals surface area contributed by atoms with Crippen LogP contribution in [0.15, 0.2) is 36.7 Å². The van der Waals surface area contributed by atoms with Crippen molar-refractivity contribution in [3.05, 3.63) is 52.7 Å². The monoisotopic (exact) mass is 441 g/mol. The summed E-state index contributed by atoms with van der Waals surface area (Å²) in [6, 6.07) is 7.17. The molecule has 0 unspecified atom stereocenters. The van der Waals surface area contributed by atoms with Crippen molar-refractivity contribution in [2.24, 2.45) is 0 Å². The predicted octanol–water partition coefficient (Wildman–Crippen LogP) is 4.77. The summed E-state index contributed by atoms with van der Waals surface area (Å²) in [5.74, 6) is 1.45. The Hall–Kier alpha value is -3.13. The maximum Gasteiger partial charge on any atom is 0.319 e. The van der Waals surface area contributed by atoms with Gasteiger partial charge in [0.25, 0.3) is 0 Å². The maximum atomic E-state index is 12.7. The van der Waals surface area contributed by atoms with Crippen LogP contribution in [0.1, 0.15) is 28.8 Å². The van der Waals surface area contributed by atoms with Crippen LogP contribution in [0, 0.1) is 0 Å². The Balaban J connectivity index is 1.52. The molecule has 7 nitrogen and oxygen atoms in total. The number of aromatic nitrogens is 1. The minimum atomic E-state index is -0.288. The van der Waals surface area contributed by atoms with Crippen molar-refractivity contribution in [2.45, 2.75) is 32.2 Å². The first-order valence-electron chi connectivity index (χ1n) is 10.3. The van der Waals surface area contributed by atoms with E-state index in [0.29, 0.717) is 29.5 Å². The summed E-state index contributed by atoms with van der Waals surface area (Å²) >= 11 is 1.83. The van der Waals surface area contributed by atoms with Gasteiger partial charge in [-0.2, -0.15) is 0 Å². The second kappa shape index (κ2) is 9.34. The van der Waals surface area contributed by atoms with Crippen molar-refractivity contribution in [2.75, 3.05) is 26.6 Å². The van der Waals surface area contributed by atoms with Gasteiger partial charge in [0, 0.05) is 41.5 Å². The van der Waals surface area contributed by atoms with Gasteiger partial charge in [-0.3, -0.25) is 0 Å². The highest BCUT2D eigenvalue weighted by Gasteiger charge is 2.22. The molecule has 8 heteroatoms. The maximum absolute atomic E-state index is 12.7. The molecule has 0 saturated heterocycles. The third-order valence-corrected chi connectivity index (χ3v) is 6.79. The van der Waals surface area contributed by atoms with Gasteiger partial charge in [-0.1, -0.05) is 0 Å². The molecule has 2 N–H and O–H groups in total. The predicted molar refractivity (Wildman–Crippen MR) is 122 cm³/mol. The van der Waals surface area contributed by atoms with E-state index in [9.17, 15) is 4.79 Å². The minimum absolute atomic E-state index is 0.288. The van der Waals surface area contributed by atoms with Crippen molar-refractivity contribution in [3.8, 4) is 22.2 Å². The fourth-order valence-electron chi connectivity index (χ4n) is 3.97. The minimum Gasteiger partial charge on any atom is -0.493 e. The second-order valence-electron chi connectivity index (χ2n) is 7.31. The smallest absolute Gasteiger partial charge is 0.319 e. The molecule has 1 aromatic carbocycles. The lowest BCUT2D eigenvalue weighted by molar-refractivity contribution is 0.251. The normalized spacial score (nSPS) is 12.7. The molecule has 0 spiro atoms. The molecule has 0 aliphatic heterocycles. The van der Waals surface area contributed by atoms with Gasteiger partial charge in [-0.05, 0) is 43.4 Å². The number of ether oxygens (including phenoxy) is 3. The third kappa shape index (κ3) is 4.34. The van der Waals surface area contributed by atoms with Crippen LogP contribution >= 0.6 is 11.3 Å². The van der Waals surface area contributed by atoms with Gasteiger partial charge in [-0.25, -0.2) is 4.79 Å². The van der Waals surface area contributed by atoms with Crippen LogP contribution in [0.3, 0.4) is 0 Å². The zero-order valence-electron chi connectivity index (χ0n) is 18.0. The highest BCUT2D eigenvalue weighted by atomic mass is 32.1. The average molecular weight is 442 g/mol. The Kier molecular flexibility index (Phi) is 6.36.